The molecule has 0 spiro atoms. The zero-order valence-electron chi connectivity index (χ0n) is 5.81. The van der Waals surface area contributed by atoms with Gasteiger partial charge in [-0.15, -0.1) is 0 Å². The summed E-state index contributed by atoms with van der Waals surface area (Å²) in [5.74, 6) is 0.230. The second-order valence-corrected chi connectivity index (χ2v) is 2.56. The molecule has 0 unspecified atom stereocenters. The van der Waals surface area contributed by atoms with Crippen molar-refractivity contribution in [2.24, 2.45) is 0 Å². The largest absolute Gasteiger partial charge is 0.353 e. The summed E-state index contributed by atoms with van der Waals surface area (Å²) in [5, 5.41) is 2.93. The summed E-state index contributed by atoms with van der Waals surface area (Å²) in [6, 6.07) is 0.464. The van der Waals surface area contributed by atoms with Crippen molar-refractivity contribution in [2.75, 3.05) is 0 Å². The number of nitrogens with one attached hydrogen (secondary N) is 1. The molecule has 1 N–H and O–H groups in total. The van der Waals surface area contributed by atoms with Gasteiger partial charge in [0.2, 0.25) is 5.91 Å². The Kier molecular flexibility index (Phi) is 2.09. The average Bonchev–Trinajstić information content (AvgIpc) is 1.88. The molecular weight excluding hydrogens is 114 g/mol. The Bertz CT molecular complexity index is 111. The predicted molar refractivity (Wildman–Crippen MR) is 36.1 cm³/mol. The van der Waals surface area contributed by atoms with Gasteiger partial charge in [-0.2, -0.15) is 0 Å². The summed E-state index contributed by atoms with van der Waals surface area (Å²) in [5.41, 5.74) is 0. The van der Waals surface area contributed by atoms with Gasteiger partial charge in [0.15, 0.2) is 0 Å². The van der Waals surface area contributed by atoms with E-state index in [2.05, 4.69) is 12.2 Å². The highest BCUT2D eigenvalue weighted by atomic mass is 16.1. The molecule has 1 fully saturated rings. The Morgan fingerprint density at radius 3 is 3.00 bits per heavy atom. The second kappa shape index (κ2) is 2.85. The zero-order valence-corrected chi connectivity index (χ0v) is 5.81. The molecular formula is C7H13NO. The van der Waals surface area contributed by atoms with Crippen LogP contribution in [-0.4, -0.2) is 11.9 Å². The van der Waals surface area contributed by atoms with Crippen molar-refractivity contribution in [1.82, 2.24) is 5.32 Å². The molecule has 9 heavy (non-hydrogen) atoms. The average molecular weight is 127 g/mol. The highest BCUT2D eigenvalue weighted by molar-refractivity contribution is 5.76. The fraction of sp³-hybridized carbons (Fsp3) is 0.857. The van der Waals surface area contributed by atoms with Crippen LogP contribution in [0.3, 0.4) is 0 Å². The van der Waals surface area contributed by atoms with Crippen LogP contribution in [-0.2, 0) is 4.79 Å². The summed E-state index contributed by atoms with van der Waals surface area (Å²) in [6.45, 7) is 2.11. The number of amides is 1. The van der Waals surface area contributed by atoms with Crippen molar-refractivity contribution in [3.63, 3.8) is 0 Å². The lowest BCUT2D eigenvalue weighted by Crippen LogP contribution is -2.37. The van der Waals surface area contributed by atoms with Crippen LogP contribution >= 0.6 is 0 Å². The Labute approximate surface area is 55.6 Å². The fourth-order valence-corrected chi connectivity index (χ4v) is 1.19. The van der Waals surface area contributed by atoms with Gasteiger partial charge in [-0.25, -0.2) is 0 Å². The third-order valence-corrected chi connectivity index (χ3v) is 1.81. The van der Waals surface area contributed by atoms with Gasteiger partial charge in [0.1, 0.15) is 0 Å². The molecule has 0 saturated carbocycles. The molecule has 1 aliphatic rings. The summed E-state index contributed by atoms with van der Waals surface area (Å²) in [4.78, 5) is 10.7. The highest BCUT2D eigenvalue weighted by Crippen LogP contribution is 2.09. The molecule has 1 rings (SSSR count). The molecule has 0 aromatic carbocycles. The lowest BCUT2D eigenvalue weighted by atomic mass is 10.0. The molecule has 0 bridgehead atoms. The molecule has 0 aromatic rings. The van der Waals surface area contributed by atoms with Gasteiger partial charge in [0.25, 0.3) is 0 Å². The number of carbonyl (C=O) groups is 1. The van der Waals surface area contributed by atoms with E-state index in [4.69, 9.17) is 0 Å². The van der Waals surface area contributed by atoms with Crippen molar-refractivity contribution in [3.8, 4) is 0 Å². The van der Waals surface area contributed by atoms with Crippen molar-refractivity contribution in [1.29, 1.82) is 0 Å². The number of piperidine rings is 1. The molecule has 0 radical (unpaired) electrons. The van der Waals surface area contributed by atoms with Crippen LogP contribution in [0.1, 0.15) is 32.6 Å². The molecule has 1 atom stereocenters. The molecule has 1 saturated heterocycles. The van der Waals surface area contributed by atoms with Crippen LogP contribution in [0.15, 0.2) is 0 Å². The van der Waals surface area contributed by atoms with Crippen LogP contribution in [0.2, 0.25) is 0 Å². The first-order chi connectivity index (χ1) is 4.33. The van der Waals surface area contributed by atoms with Crippen LogP contribution in [0, 0.1) is 0 Å². The molecule has 0 aromatic heterocycles. The Morgan fingerprint density at radius 1 is 1.78 bits per heavy atom. The van der Waals surface area contributed by atoms with Crippen molar-refractivity contribution < 1.29 is 4.79 Å². The van der Waals surface area contributed by atoms with Crippen LogP contribution in [0.5, 0.6) is 0 Å². The van der Waals surface area contributed by atoms with Crippen LogP contribution in [0.4, 0.5) is 0 Å². The fourth-order valence-electron chi connectivity index (χ4n) is 1.19. The first-order valence-corrected chi connectivity index (χ1v) is 3.62. The van der Waals surface area contributed by atoms with Crippen molar-refractivity contribution in [3.05, 3.63) is 0 Å². The monoisotopic (exact) mass is 127 g/mol. The topological polar surface area (TPSA) is 29.1 Å². The van der Waals surface area contributed by atoms with E-state index in [1.807, 2.05) is 0 Å². The maximum atomic E-state index is 10.7. The van der Waals surface area contributed by atoms with Crippen molar-refractivity contribution in [2.45, 2.75) is 38.6 Å². The molecule has 2 nitrogen and oxygen atoms in total. The van der Waals surface area contributed by atoms with E-state index >= 15 is 0 Å². The van der Waals surface area contributed by atoms with Crippen LogP contribution < -0.4 is 5.32 Å². The normalized spacial score (nSPS) is 27.7. The van der Waals surface area contributed by atoms with Gasteiger partial charge in [-0.3, -0.25) is 4.79 Å². The second-order valence-electron chi connectivity index (χ2n) is 2.56. The third-order valence-electron chi connectivity index (χ3n) is 1.81. The Balaban J connectivity index is 2.32. The zero-order chi connectivity index (χ0) is 6.69. The Morgan fingerprint density at radius 2 is 2.56 bits per heavy atom. The lowest BCUT2D eigenvalue weighted by molar-refractivity contribution is -0.123. The number of rotatable bonds is 1. The summed E-state index contributed by atoms with van der Waals surface area (Å²) >= 11 is 0. The van der Waals surface area contributed by atoms with E-state index in [1.165, 1.54) is 6.42 Å². The summed E-state index contributed by atoms with van der Waals surface area (Å²) < 4.78 is 0. The molecule has 0 aliphatic carbocycles. The molecule has 2 heteroatoms. The number of carbonyl (C=O) groups excluding carboxylic acids is 1. The first-order valence-electron chi connectivity index (χ1n) is 3.62. The minimum absolute atomic E-state index is 0.230. The molecule has 52 valence electrons. The van der Waals surface area contributed by atoms with Gasteiger partial charge in [-0.1, -0.05) is 6.92 Å². The molecule has 1 amide bonds. The first kappa shape index (κ1) is 6.59. The highest BCUT2D eigenvalue weighted by Gasteiger charge is 2.15. The number of hydrogen-bond acceptors (Lipinski definition) is 1. The predicted octanol–water partition coefficient (Wildman–Crippen LogP) is 1.07. The van der Waals surface area contributed by atoms with Gasteiger partial charge >= 0.3 is 0 Å². The Hall–Kier alpha value is -0.530. The van der Waals surface area contributed by atoms with E-state index in [0.29, 0.717) is 6.04 Å². The van der Waals surface area contributed by atoms with Gasteiger partial charge in [0, 0.05) is 12.5 Å². The van der Waals surface area contributed by atoms with Crippen LogP contribution in [0.25, 0.3) is 0 Å². The van der Waals surface area contributed by atoms with E-state index in [1.54, 1.807) is 0 Å². The van der Waals surface area contributed by atoms with E-state index in [9.17, 15) is 4.79 Å². The molecule has 1 heterocycles. The standard InChI is InChI=1S/C7H13NO/c1-2-6-4-3-5-7(9)8-6/h6H,2-5H2,1H3,(H,8,9)/t6-/m0/s1. The van der Waals surface area contributed by atoms with Gasteiger partial charge < -0.3 is 5.32 Å². The molecule has 1 aliphatic heterocycles. The lowest BCUT2D eigenvalue weighted by Gasteiger charge is -2.21. The summed E-state index contributed by atoms with van der Waals surface area (Å²) in [7, 11) is 0. The third kappa shape index (κ3) is 1.70. The number of hydrogen-bond donors (Lipinski definition) is 1. The van der Waals surface area contributed by atoms with Crippen molar-refractivity contribution >= 4 is 5.91 Å². The maximum absolute atomic E-state index is 10.7. The minimum Gasteiger partial charge on any atom is -0.353 e. The quantitative estimate of drug-likeness (QED) is 0.560. The van der Waals surface area contributed by atoms with E-state index < -0.39 is 0 Å². The van der Waals surface area contributed by atoms with E-state index in [0.717, 1.165) is 19.3 Å². The smallest absolute Gasteiger partial charge is 0.220 e. The maximum Gasteiger partial charge on any atom is 0.220 e. The van der Waals surface area contributed by atoms with E-state index in [-0.39, 0.29) is 5.91 Å². The minimum atomic E-state index is 0.230. The van der Waals surface area contributed by atoms with Gasteiger partial charge in [-0.05, 0) is 19.3 Å². The summed E-state index contributed by atoms with van der Waals surface area (Å²) in [6.07, 6.45) is 4.05. The SMILES string of the molecule is CC[C@H]1CCCC(=O)N1. The van der Waals surface area contributed by atoms with Gasteiger partial charge in [0.05, 0.1) is 0 Å².